The zero-order valence-electron chi connectivity index (χ0n) is 8.14. The molecule has 76 valence electrons. The van der Waals surface area contributed by atoms with Gasteiger partial charge in [-0.15, -0.1) is 0 Å². The molecule has 4 nitrogen and oxygen atoms in total. The van der Waals surface area contributed by atoms with Gasteiger partial charge < -0.3 is 4.42 Å². The molecule has 2 aromatic rings. The second-order valence-corrected chi connectivity index (χ2v) is 3.26. The second-order valence-electron chi connectivity index (χ2n) is 3.26. The molecule has 0 saturated heterocycles. The van der Waals surface area contributed by atoms with Crippen molar-refractivity contribution < 1.29 is 9.34 Å². The van der Waals surface area contributed by atoms with E-state index in [4.69, 9.17) is 4.42 Å². The topological polar surface area (TPSA) is 56.3 Å². The maximum absolute atomic E-state index is 10.8. The summed E-state index contributed by atoms with van der Waals surface area (Å²) in [5, 5.41) is 10.8. The summed E-state index contributed by atoms with van der Waals surface area (Å²) in [5.41, 5.74) is 1.44. The lowest BCUT2D eigenvalue weighted by Crippen LogP contribution is -1.91. The first-order valence-corrected chi connectivity index (χ1v) is 4.47. The first kappa shape index (κ1) is 9.45. The normalized spacial score (nSPS) is 10.2. The molecule has 0 N–H and O–H groups in total. The van der Waals surface area contributed by atoms with Gasteiger partial charge in [-0.3, -0.25) is 10.1 Å². The summed E-state index contributed by atoms with van der Waals surface area (Å²) in [4.78, 5) is 10.4. The van der Waals surface area contributed by atoms with Crippen molar-refractivity contribution in [1.29, 1.82) is 0 Å². The largest absolute Gasteiger partial charge is 0.464 e. The van der Waals surface area contributed by atoms with Gasteiger partial charge in [0.15, 0.2) is 0 Å². The maximum Gasteiger partial charge on any atom is 0.280 e. The fourth-order valence-electron chi connectivity index (χ4n) is 1.43. The third kappa shape index (κ3) is 1.74. The van der Waals surface area contributed by atoms with Crippen molar-refractivity contribution in [3.8, 4) is 11.3 Å². The van der Waals surface area contributed by atoms with Crippen LogP contribution in [0.4, 0.5) is 5.69 Å². The van der Waals surface area contributed by atoms with E-state index in [1.165, 1.54) is 12.3 Å². The molecule has 0 aliphatic carbocycles. The standard InChI is InChI=1S/C11H9NO3/c1-8-4-5-9(10(7-8)12(13)14)11-3-2-6-15-11/h2-7H,1H3. The molecule has 1 aromatic carbocycles. The zero-order chi connectivity index (χ0) is 10.8. The third-order valence-corrected chi connectivity index (χ3v) is 2.14. The van der Waals surface area contributed by atoms with Crippen molar-refractivity contribution in [3.05, 3.63) is 52.3 Å². The lowest BCUT2D eigenvalue weighted by Gasteiger charge is -2.00. The van der Waals surface area contributed by atoms with Gasteiger partial charge in [-0.2, -0.15) is 0 Å². The first-order valence-electron chi connectivity index (χ1n) is 4.47. The van der Waals surface area contributed by atoms with Crippen LogP contribution in [0.5, 0.6) is 0 Å². The molecule has 15 heavy (non-hydrogen) atoms. The summed E-state index contributed by atoms with van der Waals surface area (Å²) < 4.78 is 5.15. The van der Waals surface area contributed by atoms with Crippen LogP contribution in [0.25, 0.3) is 11.3 Å². The second kappa shape index (κ2) is 3.57. The van der Waals surface area contributed by atoms with Gasteiger partial charge in [0.1, 0.15) is 5.76 Å². The van der Waals surface area contributed by atoms with Crippen molar-refractivity contribution in [1.82, 2.24) is 0 Å². The van der Waals surface area contributed by atoms with E-state index in [-0.39, 0.29) is 5.69 Å². The lowest BCUT2D eigenvalue weighted by atomic mass is 10.1. The Morgan fingerprint density at radius 3 is 2.73 bits per heavy atom. The van der Waals surface area contributed by atoms with Crippen molar-refractivity contribution >= 4 is 5.69 Å². The van der Waals surface area contributed by atoms with Gasteiger partial charge in [-0.1, -0.05) is 6.07 Å². The quantitative estimate of drug-likeness (QED) is 0.556. The zero-order valence-corrected chi connectivity index (χ0v) is 8.14. The predicted molar refractivity (Wildman–Crippen MR) is 55.5 cm³/mol. The van der Waals surface area contributed by atoms with E-state index >= 15 is 0 Å². The number of hydrogen-bond donors (Lipinski definition) is 0. The van der Waals surface area contributed by atoms with E-state index in [0.29, 0.717) is 11.3 Å². The first-order chi connectivity index (χ1) is 7.18. The van der Waals surface area contributed by atoms with Crippen molar-refractivity contribution in [3.63, 3.8) is 0 Å². The van der Waals surface area contributed by atoms with Gasteiger partial charge in [-0.05, 0) is 30.7 Å². The molecule has 1 heterocycles. The molecule has 0 aliphatic heterocycles. The summed E-state index contributed by atoms with van der Waals surface area (Å²) in [5.74, 6) is 0.515. The van der Waals surface area contributed by atoms with Gasteiger partial charge in [0.05, 0.1) is 16.7 Å². The van der Waals surface area contributed by atoms with E-state index in [1.807, 2.05) is 13.0 Å². The molecule has 0 atom stereocenters. The molecule has 1 aromatic heterocycles. The number of benzene rings is 1. The van der Waals surface area contributed by atoms with Crippen LogP contribution in [0.2, 0.25) is 0 Å². The van der Waals surface area contributed by atoms with Crippen LogP contribution >= 0.6 is 0 Å². The summed E-state index contributed by atoms with van der Waals surface area (Å²) in [6.07, 6.45) is 1.50. The summed E-state index contributed by atoms with van der Waals surface area (Å²) in [7, 11) is 0. The number of rotatable bonds is 2. The molecule has 0 aliphatic rings. The van der Waals surface area contributed by atoms with E-state index in [2.05, 4.69) is 0 Å². The molecule has 0 amide bonds. The van der Waals surface area contributed by atoms with Gasteiger partial charge in [0.25, 0.3) is 5.69 Å². The highest BCUT2D eigenvalue weighted by Crippen LogP contribution is 2.30. The van der Waals surface area contributed by atoms with Crippen LogP contribution in [0.3, 0.4) is 0 Å². The fraction of sp³-hybridized carbons (Fsp3) is 0.0909. The van der Waals surface area contributed by atoms with E-state index < -0.39 is 4.92 Å². The van der Waals surface area contributed by atoms with Crippen molar-refractivity contribution in [2.24, 2.45) is 0 Å². The minimum absolute atomic E-state index is 0.0740. The van der Waals surface area contributed by atoms with Crippen LogP contribution in [-0.2, 0) is 0 Å². The van der Waals surface area contributed by atoms with Gasteiger partial charge in [-0.25, -0.2) is 0 Å². The molecule has 0 bridgehead atoms. The van der Waals surface area contributed by atoms with Gasteiger partial charge in [0, 0.05) is 6.07 Å². The Morgan fingerprint density at radius 1 is 1.33 bits per heavy atom. The van der Waals surface area contributed by atoms with Crippen LogP contribution in [0.15, 0.2) is 41.0 Å². The summed E-state index contributed by atoms with van der Waals surface area (Å²) >= 11 is 0. The molecule has 2 rings (SSSR count). The highest BCUT2D eigenvalue weighted by atomic mass is 16.6. The van der Waals surface area contributed by atoms with E-state index in [9.17, 15) is 10.1 Å². The monoisotopic (exact) mass is 203 g/mol. The Kier molecular flexibility index (Phi) is 2.25. The predicted octanol–water partition coefficient (Wildman–Crippen LogP) is 3.16. The Balaban J connectivity index is 2.61. The molecule has 0 fully saturated rings. The molecule has 4 heteroatoms. The average molecular weight is 203 g/mol. The SMILES string of the molecule is Cc1ccc(-c2ccco2)c([N+](=O)[O-])c1. The number of aryl methyl sites for hydroxylation is 1. The molecule has 0 saturated carbocycles. The molecule has 0 radical (unpaired) electrons. The number of nitrogens with zero attached hydrogens (tertiary/aromatic N) is 1. The number of nitro benzene ring substituents is 1. The minimum atomic E-state index is -0.398. The van der Waals surface area contributed by atoms with Crippen LogP contribution in [-0.4, -0.2) is 4.92 Å². The maximum atomic E-state index is 10.8. The highest BCUT2D eigenvalue weighted by molar-refractivity contribution is 5.69. The number of nitro groups is 1. The minimum Gasteiger partial charge on any atom is -0.464 e. The van der Waals surface area contributed by atoms with Crippen LogP contribution < -0.4 is 0 Å². The van der Waals surface area contributed by atoms with Gasteiger partial charge >= 0.3 is 0 Å². The molecular formula is C11H9NO3. The molecule has 0 unspecified atom stereocenters. The Hall–Kier alpha value is -2.10. The summed E-state index contributed by atoms with van der Waals surface area (Å²) in [6, 6.07) is 8.48. The Labute approximate surface area is 86.3 Å². The Morgan fingerprint density at radius 2 is 2.13 bits per heavy atom. The fourth-order valence-corrected chi connectivity index (χ4v) is 1.43. The van der Waals surface area contributed by atoms with Crippen molar-refractivity contribution in [2.45, 2.75) is 6.92 Å². The number of furan rings is 1. The molecule has 0 spiro atoms. The van der Waals surface area contributed by atoms with E-state index in [1.54, 1.807) is 18.2 Å². The average Bonchev–Trinajstić information content (AvgIpc) is 2.70. The number of hydrogen-bond acceptors (Lipinski definition) is 3. The van der Waals surface area contributed by atoms with E-state index in [0.717, 1.165) is 5.56 Å². The van der Waals surface area contributed by atoms with Crippen LogP contribution in [0, 0.1) is 17.0 Å². The van der Waals surface area contributed by atoms with Crippen LogP contribution in [0.1, 0.15) is 5.56 Å². The summed E-state index contributed by atoms with van der Waals surface area (Å²) in [6.45, 7) is 1.82. The third-order valence-electron chi connectivity index (χ3n) is 2.14. The smallest absolute Gasteiger partial charge is 0.280 e. The lowest BCUT2D eigenvalue weighted by molar-refractivity contribution is -0.384. The van der Waals surface area contributed by atoms with Crippen molar-refractivity contribution in [2.75, 3.05) is 0 Å². The van der Waals surface area contributed by atoms with Gasteiger partial charge in [0.2, 0.25) is 0 Å². The highest BCUT2D eigenvalue weighted by Gasteiger charge is 2.16. The Bertz CT molecular complexity index is 489. The molecular weight excluding hydrogens is 194 g/mol.